The Morgan fingerprint density at radius 2 is 2.25 bits per heavy atom. The molecule has 3 nitrogen and oxygen atoms in total. The van der Waals surface area contributed by atoms with Crippen LogP contribution in [0.5, 0.6) is 5.75 Å². The lowest BCUT2D eigenvalue weighted by Gasteiger charge is -1.95. The molecule has 0 fully saturated rings. The SMILES string of the molecule is CCON=Cc1ccccc1O. The van der Waals surface area contributed by atoms with E-state index in [9.17, 15) is 5.11 Å². The molecule has 0 amide bonds. The summed E-state index contributed by atoms with van der Waals surface area (Å²) in [5, 5.41) is 12.9. The summed E-state index contributed by atoms with van der Waals surface area (Å²) in [5.74, 6) is 0.209. The first-order valence-electron chi connectivity index (χ1n) is 3.78. The van der Waals surface area contributed by atoms with Gasteiger partial charge in [0.2, 0.25) is 0 Å². The molecule has 1 N–H and O–H groups in total. The molecule has 0 saturated carbocycles. The summed E-state index contributed by atoms with van der Waals surface area (Å²) in [6.45, 7) is 2.38. The van der Waals surface area contributed by atoms with Gasteiger partial charge in [0.05, 0.1) is 6.21 Å². The Morgan fingerprint density at radius 3 is 2.92 bits per heavy atom. The van der Waals surface area contributed by atoms with Crippen molar-refractivity contribution < 1.29 is 9.94 Å². The minimum atomic E-state index is 0.209. The predicted octanol–water partition coefficient (Wildman–Crippen LogP) is 1.76. The Kier molecular flexibility index (Phi) is 3.14. The van der Waals surface area contributed by atoms with E-state index in [1.54, 1.807) is 18.2 Å². The molecular weight excluding hydrogens is 154 g/mol. The monoisotopic (exact) mass is 165 g/mol. The molecule has 1 aromatic carbocycles. The van der Waals surface area contributed by atoms with Crippen molar-refractivity contribution in [1.29, 1.82) is 0 Å². The first kappa shape index (κ1) is 8.59. The fourth-order valence-corrected chi connectivity index (χ4v) is 0.765. The van der Waals surface area contributed by atoms with Gasteiger partial charge in [0, 0.05) is 5.56 Å². The average molecular weight is 165 g/mol. The third kappa shape index (κ3) is 2.27. The molecule has 1 rings (SSSR count). The van der Waals surface area contributed by atoms with Crippen molar-refractivity contribution in [3.05, 3.63) is 29.8 Å². The predicted molar refractivity (Wildman–Crippen MR) is 47.3 cm³/mol. The molecule has 0 aliphatic rings. The van der Waals surface area contributed by atoms with Crippen LogP contribution in [0.15, 0.2) is 29.4 Å². The van der Waals surface area contributed by atoms with E-state index >= 15 is 0 Å². The molecule has 0 spiro atoms. The smallest absolute Gasteiger partial charge is 0.124 e. The summed E-state index contributed by atoms with van der Waals surface area (Å²) in [6.07, 6.45) is 1.48. The number of oxime groups is 1. The molecule has 0 heterocycles. The fraction of sp³-hybridized carbons (Fsp3) is 0.222. The second kappa shape index (κ2) is 4.38. The van der Waals surface area contributed by atoms with Crippen LogP contribution in [0.25, 0.3) is 0 Å². The summed E-state index contributed by atoms with van der Waals surface area (Å²) >= 11 is 0. The van der Waals surface area contributed by atoms with Gasteiger partial charge in [0.1, 0.15) is 12.4 Å². The third-order valence-corrected chi connectivity index (χ3v) is 1.33. The van der Waals surface area contributed by atoms with Crippen molar-refractivity contribution >= 4 is 6.21 Å². The second-order valence-electron chi connectivity index (χ2n) is 2.21. The van der Waals surface area contributed by atoms with Crippen molar-refractivity contribution in [2.24, 2.45) is 5.16 Å². The van der Waals surface area contributed by atoms with Gasteiger partial charge in [-0.25, -0.2) is 0 Å². The molecule has 0 radical (unpaired) electrons. The molecule has 0 bridgehead atoms. The van der Waals surface area contributed by atoms with Gasteiger partial charge >= 0.3 is 0 Å². The number of benzene rings is 1. The standard InChI is InChI=1S/C9H11NO2/c1-2-12-10-7-8-5-3-4-6-9(8)11/h3-7,11H,2H2,1H3. The van der Waals surface area contributed by atoms with Crippen molar-refractivity contribution in [2.45, 2.75) is 6.92 Å². The van der Waals surface area contributed by atoms with Crippen LogP contribution >= 0.6 is 0 Å². The molecule has 12 heavy (non-hydrogen) atoms. The maximum atomic E-state index is 9.26. The van der Waals surface area contributed by atoms with Crippen molar-refractivity contribution in [3.8, 4) is 5.75 Å². The van der Waals surface area contributed by atoms with E-state index in [-0.39, 0.29) is 5.75 Å². The van der Waals surface area contributed by atoms with Crippen LogP contribution in [0.2, 0.25) is 0 Å². The van der Waals surface area contributed by atoms with Gasteiger partial charge in [0.15, 0.2) is 0 Å². The molecule has 0 aliphatic heterocycles. The van der Waals surface area contributed by atoms with E-state index in [2.05, 4.69) is 5.16 Å². The molecule has 3 heteroatoms. The summed E-state index contributed by atoms with van der Waals surface area (Å²) in [4.78, 5) is 4.75. The lowest BCUT2D eigenvalue weighted by atomic mass is 10.2. The van der Waals surface area contributed by atoms with Crippen LogP contribution in [0, 0.1) is 0 Å². The highest BCUT2D eigenvalue weighted by atomic mass is 16.6. The molecule has 64 valence electrons. The fourth-order valence-electron chi connectivity index (χ4n) is 0.765. The van der Waals surface area contributed by atoms with Gasteiger partial charge in [-0.15, -0.1) is 0 Å². The normalized spacial score (nSPS) is 10.4. The highest BCUT2D eigenvalue weighted by Gasteiger charge is 1.93. The molecule has 0 unspecified atom stereocenters. The lowest BCUT2D eigenvalue weighted by Crippen LogP contribution is -1.84. The van der Waals surface area contributed by atoms with E-state index in [0.29, 0.717) is 12.2 Å². The number of hydrogen-bond acceptors (Lipinski definition) is 3. The van der Waals surface area contributed by atoms with E-state index in [0.717, 1.165) is 0 Å². The van der Waals surface area contributed by atoms with Gasteiger partial charge in [-0.05, 0) is 19.1 Å². The highest BCUT2D eigenvalue weighted by Crippen LogP contribution is 2.12. The van der Waals surface area contributed by atoms with Crippen LogP contribution in [0.4, 0.5) is 0 Å². The number of phenols is 1. The zero-order valence-corrected chi connectivity index (χ0v) is 6.90. The number of rotatable bonds is 3. The van der Waals surface area contributed by atoms with E-state index in [1.807, 2.05) is 13.0 Å². The third-order valence-electron chi connectivity index (χ3n) is 1.33. The molecule has 0 atom stereocenters. The number of nitrogens with zero attached hydrogens (tertiary/aromatic N) is 1. The second-order valence-corrected chi connectivity index (χ2v) is 2.21. The Morgan fingerprint density at radius 1 is 1.50 bits per heavy atom. The Labute approximate surface area is 71.3 Å². The van der Waals surface area contributed by atoms with E-state index < -0.39 is 0 Å². The number of hydrogen-bond donors (Lipinski definition) is 1. The summed E-state index contributed by atoms with van der Waals surface area (Å²) < 4.78 is 0. The van der Waals surface area contributed by atoms with Crippen LogP contribution in [-0.4, -0.2) is 17.9 Å². The maximum Gasteiger partial charge on any atom is 0.124 e. The summed E-state index contributed by atoms with van der Waals surface area (Å²) in [7, 11) is 0. The summed E-state index contributed by atoms with van der Waals surface area (Å²) in [5.41, 5.74) is 0.658. The van der Waals surface area contributed by atoms with Crippen LogP contribution < -0.4 is 0 Å². The topological polar surface area (TPSA) is 41.8 Å². The van der Waals surface area contributed by atoms with Crippen LogP contribution in [-0.2, 0) is 4.84 Å². The minimum absolute atomic E-state index is 0.209. The van der Waals surface area contributed by atoms with E-state index in [4.69, 9.17) is 4.84 Å². The lowest BCUT2D eigenvalue weighted by molar-refractivity contribution is 0.160. The Bertz CT molecular complexity index is 271. The van der Waals surface area contributed by atoms with Crippen molar-refractivity contribution in [3.63, 3.8) is 0 Å². The largest absolute Gasteiger partial charge is 0.507 e. The average Bonchev–Trinajstić information content (AvgIpc) is 2.09. The van der Waals surface area contributed by atoms with Gasteiger partial charge in [-0.3, -0.25) is 0 Å². The van der Waals surface area contributed by atoms with Gasteiger partial charge in [0.25, 0.3) is 0 Å². The number of phenolic OH excluding ortho intramolecular Hbond substituents is 1. The van der Waals surface area contributed by atoms with Crippen molar-refractivity contribution in [1.82, 2.24) is 0 Å². The Hall–Kier alpha value is -1.51. The Balaban J connectivity index is 2.68. The zero-order valence-electron chi connectivity index (χ0n) is 6.90. The molecule has 0 aromatic heterocycles. The molecular formula is C9H11NO2. The molecule has 1 aromatic rings. The first-order chi connectivity index (χ1) is 5.84. The van der Waals surface area contributed by atoms with Gasteiger partial charge in [-0.2, -0.15) is 0 Å². The van der Waals surface area contributed by atoms with Gasteiger partial charge in [-0.1, -0.05) is 17.3 Å². The number of para-hydroxylation sites is 1. The molecule has 0 saturated heterocycles. The van der Waals surface area contributed by atoms with E-state index in [1.165, 1.54) is 6.21 Å². The van der Waals surface area contributed by atoms with Crippen LogP contribution in [0.1, 0.15) is 12.5 Å². The summed E-state index contributed by atoms with van der Waals surface area (Å²) in [6, 6.07) is 6.95. The quantitative estimate of drug-likeness (QED) is 0.547. The highest BCUT2D eigenvalue weighted by molar-refractivity contribution is 5.82. The first-order valence-corrected chi connectivity index (χ1v) is 3.78. The van der Waals surface area contributed by atoms with Crippen molar-refractivity contribution in [2.75, 3.05) is 6.61 Å². The minimum Gasteiger partial charge on any atom is -0.507 e. The van der Waals surface area contributed by atoms with Crippen LogP contribution in [0.3, 0.4) is 0 Å². The zero-order chi connectivity index (χ0) is 8.81. The molecule has 0 aliphatic carbocycles. The van der Waals surface area contributed by atoms with Gasteiger partial charge < -0.3 is 9.94 Å². The number of aromatic hydroxyl groups is 1. The maximum absolute atomic E-state index is 9.26.